The molecule has 7 nitrogen and oxygen atoms in total. The van der Waals surface area contributed by atoms with Crippen molar-refractivity contribution in [2.75, 3.05) is 32.8 Å². The first-order valence-electron chi connectivity index (χ1n) is 8.49. The molecule has 0 radical (unpaired) electrons. The van der Waals surface area contributed by atoms with Crippen LogP contribution < -0.4 is 0 Å². The highest BCUT2D eigenvalue weighted by molar-refractivity contribution is 5.95. The number of hydrogen-bond acceptors (Lipinski definition) is 5. The normalized spacial score (nSPS) is 24.5. The molecule has 3 rings (SSSR count). The highest BCUT2D eigenvalue weighted by Gasteiger charge is 2.42. The van der Waals surface area contributed by atoms with Crippen molar-refractivity contribution in [1.82, 2.24) is 19.8 Å². The zero-order chi connectivity index (χ0) is 17.2. The maximum absolute atomic E-state index is 12.8. The van der Waals surface area contributed by atoms with E-state index in [1.165, 1.54) is 6.33 Å². The molecular formula is C17H24N4O3. The van der Waals surface area contributed by atoms with Gasteiger partial charge < -0.3 is 14.9 Å². The van der Waals surface area contributed by atoms with Gasteiger partial charge >= 0.3 is 0 Å². The van der Waals surface area contributed by atoms with Gasteiger partial charge in [-0.1, -0.05) is 0 Å². The van der Waals surface area contributed by atoms with Crippen LogP contribution in [0, 0.1) is 12.3 Å². The third-order valence-corrected chi connectivity index (χ3v) is 5.21. The summed E-state index contributed by atoms with van der Waals surface area (Å²) in [5.41, 5.74) is 1.18. The molecule has 0 bridgehead atoms. The van der Waals surface area contributed by atoms with E-state index in [9.17, 15) is 14.7 Å². The quantitative estimate of drug-likeness (QED) is 0.877. The Bertz CT molecular complexity index is 636. The zero-order valence-corrected chi connectivity index (χ0v) is 14.1. The summed E-state index contributed by atoms with van der Waals surface area (Å²) in [4.78, 5) is 36.6. The lowest BCUT2D eigenvalue weighted by Crippen LogP contribution is -2.55. The second kappa shape index (κ2) is 6.84. The molecule has 1 atom stereocenters. The van der Waals surface area contributed by atoms with Crippen molar-refractivity contribution in [2.45, 2.75) is 32.6 Å². The van der Waals surface area contributed by atoms with Gasteiger partial charge in [-0.15, -0.1) is 0 Å². The van der Waals surface area contributed by atoms with Crippen LogP contribution >= 0.6 is 0 Å². The first-order valence-corrected chi connectivity index (χ1v) is 8.49. The van der Waals surface area contributed by atoms with Crippen LogP contribution in [-0.2, 0) is 4.79 Å². The molecule has 0 aromatic carbocycles. The molecule has 130 valence electrons. The third kappa shape index (κ3) is 3.26. The smallest absolute Gasteiger partial charge is 0.257 e. The second-order valence-corrected chi connectivity index (χ2v) is 6.89. The van der Waals surface area contributed by atoms with E-state index in [-0.39, 0.29) is 23.8 Å². The van der Waals surface area contributed by atoms with Crippen LogP contribution in [0.4, 0.5) is 0 Å². The first kappa shape index (κ1) is 16.8. The molecule has 0 unspecified atom stereocenters. The molecule has 2 amide bonds. The topological polar surface area (TPSA) is 86.6 Å². The molecule has 1 spiro atoms. The molecule has 7 heteroatoms. The minimum absolute atomic E-state index is 0.0228. The van der Waals surface area contributed by atoms with Crippen LogP contribution in [0.3, 0.4) is 0 Å². The molecule has 0 aliphatic carbocycles. The SMILES string of the molecule is Cc1ncncc1C(=O)N1CCC[C@]2(CCC(=O)N(CCO)C2)C1. The van der Waals surface area contributed by atoms with Crippen LogP contribution in [-0.4, -0.2) is 69.5 Å². The van der Waals surface area contributed by atoms with Gasteiger partial charge in [-0.25, -0.2) is 9.97 Å². The molecular weight excluding hydrogens is 308 g/mol. The van der Waals surface area contributed by atoms with E-state index in [0.29, 0.717) is 37.3 Å². The Kier molecular flexibility index (Phi) is 4.80. The van der Waals surface area contributed by atoms with Gasteiger partial charge in [0.05, 0.1) is 17.9 Å². The Balaban J connectivity index is 1.75. The molecule has 1 N–H and O–H groups in total. The van der Waals surface area contributed by atoms with Crippen molar-refractivity contribution in [3.63, 3.8) is 0 Å². The fourth-order valence-corrected chi connectivity index (χ4v) is 3.91. The molecule has 2 saturated heterocycles. The first-order chi connectivity index (χ1) is 11.5. The molecule has 2 fully saturated rings. The number of carbonyl (C=O) groups is 2. The summed E-state index contributed by atoms with van der Waals surface area (Å²) in [5, 5.41) is 9.17. The number of rotatable bonds is 3. The number of piperidine rings is 2. The predicted octanol–water partition coefficient (Wildman–Crippen LogP) is 0.622. The molecule has 24 heavy (non-hydrogen) atoms. The number of aromatic nitrogens is 2. The molecule has 2 aliphatic heterocycles. The Morgan fingerprint density at radius 3 is 2.96 bits per heavy atom. The van der Waals surface area contributed by atoms with Gasteiger partial charge in [-0.3, -0.25) is 9.59 Å². The van der Waals surface area contributed by atoms with E-state index in [1.807, 2.05) is 11.8 Å². The van der Waals surface area contributed by atoms with Crippen LogP contribution in [0.25, 0.3) is 0 Å². The molecule has 3 heterocycles. The molecule has 1 aromatic rings. The lowest BCUT2D eigenvalue weighted by Gasteiger charge is -2.48. The fourth-order valence-electron chi connectivity index (χ4n) is 3.91. The highest BCUT2D eigenvalue weighted by atomic mass is 16.3. The van der Waals surface area contributed by atoms with E-state index in [1.54, 1.807) is 11.1 Å². The standard InChI is InChI=1S/C17H24N4O3/c1-13-14(9-18-12-19-13)16(24)21-6-2-4-17(11-21)5-3-15(23)20(10-17)7-8-22/h9,12,22H,2-8,10-11H2,1H3/t17-/m1/s1. The van der Waals surface area contributed by atoms with Gasteiger partial charge in [0, 0.05) is 44.2 Å². The monoisotopic (exact) mass is 332 g/mol. The number of amides is 2. The van der Waals surface area contributed by atoms with E-state index < -0.39 is 0 Å². The maximum atomic E-state index is 12.8. The van der Waals surface area contributed by atoms with Gasteiger partial charge in [-0.2, -0.15) is 0 Å². The minimum atomic E-state index is -0.0550. The Hall–Kier alpha value is -2.02. The fraction of sp³-hybridized carbons (Fsp3) is 0.647. The van der Waals surface area contributed by atoms with Crippen molar-refractivity contribution in [3.8, 4) is 0 Å². The summed E-state index contributed by atoms with van der Waals surface area (Å²) in [7, 11) is 0. The van der Waals surface area contributed by atoms with Gasteiger partial charge in [0.15, 0.2) is 0 Å². The minimum Gasteiger partial charge on any atom is -0.395 e. The number of likely N-dealkylation sites (tertiary alicyclic amines) is 2. The summed E-state index contributed by atoms with van der Waals surface area (Å²) in [6.07, 6.45) is 6.27. The van der Waals surface area contributed by atoms with Crippen LogP contribution in [0.2, 0.25) is 0 Å². The lowest BCUT2D eigenvalue weighted by atomic mass is 9.73. The van der Waals surface area contributed by atoms with E-state index >= 15 is 0 Å². The number of aryl methyl sites for hydroxylation is 1. The number of nitrogens with zero attached hydrogens (tertiary/aromatic N) is 4. The van der Waals surface area contributed by atoms with Gasteiger partial charge in [0.1, 0.15) is 6.33 Å². The van der Waals surface area contributed by atoms with Crippen LogP contribution in [0.15, 0.2) is 12.5 Å². The summed E-state index contributed by atoms with van der Waals surface area (Å²) in [6.45, 7) is 4.17. The molecule has 2 aliphatic rings. The van der Waals surface area contributed by atoms with Gasteiger partial charge in [0.2, 0.25) is 5.91 Å². The van der Waals surface area contributed by atoms with Gasteiger partial charge in [0.25, 0.3) is 5.91 Å². The maximum Gasteiger partial charge on any atom is 0.257 e. The number of carbonyl (C=O) groups excluding carboxylic acids is 2. The second-order valence-electron chi connectivity index (χ2n) is 6.89. The summed E-state index contributed by atoms with van der Waals surface area (Å²) < 4.78 is 0. The number of β-amino-alcohol motifs (C(OH)–C–C–N with tert-alkyl or cyclic N) is 1. The van der Waals surface area contributed by atoms with E-state index in [4.69, 9.17) is 0 Å². The molecule has 0 saturated carbocycles. The Labute approximate surface area is 141 Å². The van der Waals surface area contributed by atoms with Crippen molar-refractivity contribution in [2.24, 2.45) is 5.41 Å². The summed E-state index contributed by atoms with van der Waals surface area (Å²) in [5.74, 6) is 0.0724. The summed E-state index contributed by atoms with van der Waals surface area (Å²) >= 11 is 0. The highest BCUT2D eigenvalue weighted by Crippen LogP contribution is 2.39. The zero-order valence-electron chi connectivity index (χ0n) is 14.1. The van der Waals surface area contributed by atoms with E-state index in [2.05, 4.69) is 9.97 Å². The van der Waals surface area contributed by atoms with E-state index in [0.717, 1.165) is 25.8 Å². The number of hydrogen-bond donors (Lipinski definition) is 1. The average molecular weight is 332 g/mol. The van der Waals surface area contributed by atoms with Crippen molar-refractivity contribution in [1.29, 1.82) is 0 Å². The number of aliphatic hydroxyl groups is 1. The van der Waals surface area contributed by atoms with Crippen molar-refractivity contribution >= 4 is 11.8 Å². The third-order valence-electron chi connectivity index (χ3n) is 5.21. The molecule has 1 aromatic heterocycles. The predicted molar refractivity (Wildman–Crippen MR) is 87.2 cm³/mol. The van der Waals surface area contributed by atoms with Crippen molar-refractivity contribution < 1.29 is 14.7 Å². The van der Waals surface area contributed by atoms with Crippen LogP contribution in [0.5, 0.6) is 0 Å². The Morgan fingerprint density at radius 1 is 1.38 bits per heavy atom. The van der Waals surface area contributed by atoms with Crippen molar-refractivity contribution in [3.05, 3.63) is 23.8 Å². The van der Waals surface area contributed by atoms with Gasteiger partial charge in [-0.05, 0) is 26.2 Å². The Morgan fingerprint density at radius 2 is 2.21 bits per heavy atom. The average Bonchev–Trinajstić information content (AvgIpc) is 2.59. The van der Waals surface area contributed by atoms with Crippen LogP contribution in [0.1, 0.15) is 41.7 Å². The lowest BCUT2D eigenvalue weighted by molar-refractivity contribution is -0.139. The largest absolute Gasteiger partial charge is 0.395 e. The summed E-state index contributed by atoms with van der Waals surface area (Å²) in [6, 6.07) is 0. The number of aliphatic hydroxyl groups excluding tert-OH is 1.